The van der Waals surface area contributed by atoms with Crippen molar-refractivity contribution in [2.45, 2.75) is 20.0 Å². The van der Waals surface area contributed by atoms with Crippen LogP contribution in [0.5, 0.6) is 5.75 Å². The van der Waals surface area contributed by atoms with Gasteiger partial charge < -0.3 is 14.8 Å². The Morgan fingerprint density at radius 3 is 2.54 bits per heavy atom. The predicted octanol–water partition coefficient (Wildman–Crippen LogP) is 3.69. The molecule has 0 unspecified atom stereocenters. The van der Waals surface area contributed by atoms with Gasteiger partial charge in [0.1, 0.15) is 5.75 Å². The van der Waals surface area contributed by atoms with Gasteiger partial charge in [0, 0.05) is 0 Å². The highest BCUT2D eigenvalue weighted by molar-refractivity contribution is 5.94. The smallest absolute Gasteiger partial charge is 0.338 e. The Morgan fingerprint density at radius 2 is 1.85 bits per heavy atom. The number of hydrogen-bond acceptors (Lipinski definition) is 4. The van der Waals surface area contributed by atoms with E-state index in [1.54, 1.807) is 13.0 Å². The molecule has 2 rings (SSSR count). The standard InChI is InChI=1S/C18H16F3NO4/c1-3-25-18(24)11-5-4-6-12(9-11)26-10(2)17(23)22-14-8-7-13(19)15(20)16(14)21/h4-10H,3H2,1-2H3,(H,22,23)/t10-/m1/s1. The van der Waals surface area contributed by atoms with E-state index >= 15 is 0 Å². The Hall–Kier alpha value is -3.03. The van der Waals surface area contributed by atoms with Gasteiger partial charge in [-0.15, -0.1) is 0 Å². The van der Waals surface area contributed by atoms with Gasteiger partial charge in [0.25, 0.3) is 5.91 Å². The van der Waals surface area contributed by atoms with E-state index in [2.05, 4.69) is 5.32 Å². The lowest BCUT2D eigenvalue weighted by atomic mass is 10.2. The Kier molecular flexibility index (Phi) is 6.21. The molecule has 0 bridgehead atoms. The summed E-state index contributed by atoms with van der Waals surface area (Å²) in [7, 11) is 0. The highest BCUT2D eigenvalue weighted by Gasteiger charge is 2.20. The number of hydrogen-bond donors (Lipinski definition) is 1. The molecule has 0 saturated carbocycles. The molecule has 0 saturated heterocycles. The largest absolute Gasteiger partial charge is 0.481 e. The molecule has 0 radical (unpaired) electrons. The first-order chi connectivity index (χ1) is 12.3. The monoisotopic (exact) mass is 367 g/mol. The fourth-order valence-corrected chi connectivity index (χ4v) is 2.03. The number of benzene rings is 2. The fourth-order valence-electron chi connectivity index (χ4n) is 2.03. The Balaban J connectivity index is 2.07. The number of nitrogens with one attached hydrogen (secondary N) is 1. The van der Waals surface area contributed by atoms with Gasteiger partial charge in [-0.05, 0) is 44.2 Å². The van der Waals surface area contributed by atoms with Crippen molar-refractivity contribution in [3.63, 3.8) is 0 Å². The summed E-state index contributed by atoms with van der Waals surface area (Å²) in [5, 5.41) is 2.12. The van der Waals surface area contributed by atoms with Gasteiger partial charge in [-0.1, -0.05) is 6.07 Å². The number of halogens is 3. The molecule has 0 aromatic heterocycles. The van der Waals surface area contributed by atoms with E-state index in [9.17, 15) is 22.8 Å². The van der Waals surface area contributed by atoms with Crippen LogP contribution >= 0.6 is 0 Å². The van der Waals surface area contributed by atoms with E-state index in [1.165, 1.54) is 25.1 Å². The summed E-state index contributed by atoms with van der Waals surface area (Å²) >= 11 is 0. The van der Waals surface area contributed by atoms with Crippen LogP contribution in [-0.2, 0) is 9.53 Å². The van der Waals surface area contributed by atoms with Crippen LogP contribution in [0.1, 0.15) is 24.2 Å². The summed E-state index contributed by atoms with van der Waals surface area (Å²) in [6.45, 7) is 3.26. The van der Waals surface area contributed by atoms with Crippen molar-refractivity contribution in [1.29, 1.82) is 0 Å². The molecule has 138 valence electrons. The molecule has 0 heterocycles. The first-order valence-corrected chi connectivity index (χ1v) is 7.71. The van der Waals surface area contributed by atoms with E-state index in [-0.39, 0.29) is 17.9 Å². The zero-order valence-electron chi connectivity index (χ0n) is 14.0. The van der Waals surface area contributed by atoms with Gasteiger partial charge >= 0.3 is 5.97 Å². The van der Waals surface area contributed by atoms with Crippen LogP contribution < -0.4 is 10.1 Å². The Bertz CT molecular complexity index is 826. The zero-order chi connectivity index (χ0) is 19.3. The van der Waals surface area contributed by atoms with Gasteiger partial charge in [0.2, 0.25) is 0 Å². The van der Waals surface area contributed by atoms with Gasteiger partial charge in [0.15, 0.2) is 23.6 Å². The summed E-state index contributed by atoms with van der Waals surface area (Å²) in [6.07, 6.45) is -1.10. The van der Waals surface area contributed by atoms with Crippen molar-refractivity contribution in [2.24, 2.45) is 0 Å². The number of ether oxygens (including phenoxy) is 2. The van der Waals surface area contributed by atoms with E-state index < -0.39 is 41.1 Å². The molecule has 2 aromatic rings. The average molecular weight is 367 g/mol. The highest BCUT2D eigenvalue weighted by Crippen LogP contribution is 2.21. The van der Waals surface area contributed by atoms with Crippen LogP contribution in [0.25, 0.3) is 0 Å². The normalized spacial score (nSPS) is 11.6. The van der Waals surface area contributed by atoms with Crippen LogP contribution in [0.4, 0.5) is 18.9 Å². The second kappa shape index (κ2) is 8.37. The topological polar surface area (TPSA) is 64.6 Å². The fraction of sp³-hybridized carbons (Fsp3) is 0.222. The van der Waals surface area contributed by atoms with Crippen LogP contribution in [0.3, 0.4) is 0 Å². The first kappa shape index (κ1) is 19.3. The zero-order valence-corrected chi connectivity index (χ0v) is 14.0. The SMILES string of the molecule is CCOC(=O)c1cccc(O[C@H](C)C(=O)Nc2ccc(F)c(F)c2F)c1. The highest BCUT2D eigenvalue weighted by atomic mass is 19.2. The molecule has 0 spiro atoms. The minimum atomic E-state index is -1.68. The van der Waals surface area contributed by atoms with Crippen molar-refractivity contribution in [3.05, 3.63) is 59.4 Å². The minimum Gasteiger partial charge on any atom is -0.481 e. The maximum atomic E-state index is 13.6. The Morgan fingerprint density at radius 1 is 1.12 bits per heavy atom. The first-order valence-electron chi connectivity index (χ1n) is 7.71. The number of amides is 1. The molecule has 5 nitrogen and oxygen atoms in total. The van der Waals surface area contributed by atoms with E-state index in [4.69, 9.17) is 9.47 Å². The van der Waals surface area contributed by atoms with Crippen molar-refractivity contribution in [2.75, 3.05) is 11.9 Å². The lowest BCUT2D eigenvalue weighted by molar-refractivity contribution is -0.122. The van der Waals surface area contributed by atoms with E-state index in [0.717, 1.165) is 6.07 Å². The predicted molar refractivity (Wildman–Crippen MR) is 87.4 cm³/mol. The van der Waals surface area contributed by atoms with Gasteiger partial charge in [0.05, 0.1) is 17.9 Å². The second-order valence-corrected chi connectivity index (χ2v) is 5.22. The summed E-state index contributed by atoms with van der Waals surface area (Å²) in [6, 6.07) is 7.57. The van der Waals surface area contributed by atoms with Crippen molar-refractivity contribution in [1.82, 2.24) is 0 Å². The molecule has 8 heteroatoms. The maximum Gasteiger partial charge on any atom is 0.338 e. The molecule has 0 aliphatic carbocycles. The number of rotatable bonds is 6. The molecular formula is C18H16F3NO4. The molecule has 1 N–H and O–H groups in total. The van der Waals surface area contributed by atoms with Crippen LogP contribution in [0.2, 0.25) is 0 Å². The van der Waals surface area contributed by atoms with Gasteiger partial charge in [-0.25, -0.2) is 18.0 Å². The molecular weight excluding hydrogens is 351 g/mol. The Labute approximate surface area is 147 Å². The summed E-state index contributed by atoms with van der Waals surface area (Å²) in [5.74, 6) is -5.66. The maximum absolute atomic E-state index is 13.6. The molecule has 0 fully saturated rings. The lowest BCUT2D eigenvalue weighted by Crippen LogP contribution is -2.30. The van der Waals surface area contributed by atoms with Crippen LogP contribution in [0.15, 0.2) is 36.4 Å². The van der Waals surface area contributed by atoms with Crippen LogP contribution in [0, 0.1) is 17.5 Å². The van der Waals surface area contributed by atoms with E-state index in [0.29, 0.717) is 6.07 Å². The summed E-state index contributed by atoms with van der Waals surface area (Å²) < 4.78 is 50.0. The third-order valence-electron chi connectivity index (χ3n) is 3.32. The molecule has 2 aromatic carbocycles. The minimum absolute atomic E-state index is 0.211. The summed E-state index contributed by atoms with van der Waals surface area (Å²) in [4.78, 5) is 23.8. The molecule has 0 aliphatic heterocycles. The second-order valence-electron chi connectivity index (χ2n) is 5.22. The van der Waals surface area contributed by atoms with Crippen LogP contribution in [-0.4, -0.2) is 24.6 Å². The number of esters is 1. The third-order valence-corrected chi connectivity index (χ3v) is 3.32. The number of anilines is 1. The third kappa shape index (κ3) is 4.53. The van der Waals surface area contributed by atoms with E-state index in [1.807, 2.05) is 0 Å². The van der Waals surface area contributed by atoms with Crippen molar-refractivity contribution in [3.8, 4) is 5.75 Å². The average Bonchev–Trinajstić information content (AvgIpc) is 2.62. The van der Waals surface area contributed by atoms with Gasteiger partial charge in [-0.3, -0.25) is 4.79 Å². The van der Waals surface area contributed by atoms with Crippen molar-refractivity contribution >= 4 is 17.6 Å². The van der Waals surface area contributed by atoms with Crippen molar-refractivity contribution < 1.29 is 32.2 Å². The molecule has 26 heavy (non-hydrogen) atoms. The van der Waals surface area contributed by atoms with Gasteiger partial charge in [-0.2, -0.15) is 0 Å². The quantitative estimate of drug-likeness (QED) is 0.625. The molecule has 1 atom stereocenters. The number of carbonyl (C=O) groups excluding carboxylic acids is 2. The molecule has 0 aliphatic rings. The lowest BCUT2D eigenvalue weighted by Gasteiger charge is -2.15. The summed E-state index contributed by atoms with van der Waals surface area (Å²) in [5.41, 5.74) is -0.270. The molecule has 1 amide bonds. The number of carbonyl (C=O) groups is 2.